The molecule has 4 atom stereocenters. The van der Waals surface area contributed by atoms with E-state index in [0.29, 0.717) is 24.1 Å². The molecule has 4 unspecified atom stereocenters. The minimum Gasteiger partial charge on any atom is -0.371 e. The van der Waals surface area contributed by atoms with Crippen LogP contribution in [0, 0.1) is 24.7 Å². The number of hydrogen-bond acceptors (Lipinski definition) is 4. The highest BCUT2D eigenvalue weighted by Crippen LogP contribution is 2.42. The van der Waals surface area contributed by atoms with E-state index in [9.17, 15) is 9.59 Å². The Hall–Kier alpha value is -2.86. The Morgan fingerprint density at radius 1 is 1.04 bits per heavy atom. The predicted octanol–water partition coefficient (Wildman–Crippen LogP) is 7.92. The highest BCUT2D eigenvalue weighted by Gasteiger charge is 2.48. The maximum absolute atomic E-state index is 14.0. The Kier molecular flexibility index (Phi) is 11.8. The van der Waals surface area contributed by atoms with Crippen LogP contribution in [0.2, 0.25) is 0 Å². The number of amides is 2. The number of hydrogen-bond donors (Lipinski definition) is 1. The lowest BCUT2D eigenvalue weighted by Gasteiger charge is -2.52. The molecule has 1 N–H and O–H groups in total. The van der Waals surface area contributed by atoms with Crippen LogP contribution >= 0.6 is 0 Å². The molecule has 0 aromatic heterocycles. The van der Waals surface area contributed by atoms with Gasteiger partial charge in [0.25, 0.3) is 5.91 Å². The standard InChI is InChI=1S/C39H60N4O2/c1-10-15-32(11-2)39(5)24-27(3)35(38(45)43(39)9)25-40-37(44)34-22-31(30-20-18-29(19-21-30)26-41(6)7)23-36(28(34)4)42(8)33-16-13-12-14-17-33/h18-23,27,32-33,35H,10-17,24-26H2,1-9H3,(H,40,44). The van der Waals surface area contributed by atoms with Gasteiger partial charge in [-0.05, 0) is 99.8 Å². The molecule has 4 rings (SSSR count). The number of carbonyl (C=O) groups excluding carboxylic acids is 2. The lowest BCUT2D eigenvalue weighted by atomic mass is 9.68. The van der Waals surface area contributed by atoms with Crippen LogP contribution in [-0.4, -0.2) is 67.9 Å². The van der Waals surface area contributed by atoms with Gasteiger partial charge in [0, 0.05) is 50.0 Å². The maximum Gasteiger partial charge on any atom is 0.251 e. The Bertz CT molecular complexity index is 1300. The molecule has 6 heteroatoms. The Morgan fingerprint density at radius 3 is 2.31 bits per heavy atom. The van der Waals surface area contributed by atoms with Gasteiger partial charge >= 0.3 is 0 Å². The highest BCUT2D eigenvalue weighted by atomic mass is 16.2. The van der Waals surface area contributed by atoms with Gasteiger partial charge in [-0.25, -0.2) is 0 Å². The topological polar surface area (TPSA) is 55.9 Å². The van der Waals surface area contributed by atoms with Gasteiger partial charge in [0.05, 0.1) is 5.92 Å². The highest BCUT2D eigenvalue weighted by molar-refractivity contribution is 5.99. The quantitative estimate of drug-likeness (QED) is 0.263. The third-order valence-electron chi connectivity index (χ3n) is 11.2. The second kappa shape index (κ2) is 15.2. The summed E-state index contributed by atoms with van der Waals surface area (Å²) in [5.74, 6) is 0.531. The third kappa shape index (κ3) is 7.76. The van der Waals surface area contributed by atoms with E-state index in [1.54, 1.807) is 0 Å². The Labute approximate surface area is 273 Å². The summed E-state index contributed by atoms with van der Waals surface area (Å²) in [5, 5.41) is 3.23. The molecular formula is C39H60N4O2. The zero-order chi connectivity index (χ0) is 32.9. The van der Waals surface area contributed by atoms with Crippen LogP contribution in [0.5, 0.6) is 0 Å². The van der Waals surface area contributed by atoms with Crippen LogP contribution in [0.25, 0.3) is 11.1 Å². The van der Waals surface area contributed by atoms with Gasteiger partial charge in [-0.15, -0.1) is 0 Å². The fraction of sp³-hybridized carbons (Fsp3) is 0.641. The molecule has 1 aliphatic heterocycles. The van der Waals surface area contributed by atoms with Crippen molar-refractivity contribution >= 4 is 17.5 Å². The average Bonchev–Trinajstić information content (AvgIpc) is 3.02. The fourth-order valence-electron chi connectivity index (χ4n) is 8.31. The van der Waals surface area contributed by atoms with Crippen LogP contribution in [-0.2, 0) is 11.3 Å². The molecule has 0 bridgehead atoms. The number of piperidine rings is 1. The lowest BCUT2D eigenvalue weighted by molar-refractivity contribution is -0.151. The van der Waals surface area contributed by atoms with E-state index in [1.807, 2.05) is 11.9 Å². The number of nitrogens with zero attached hydrogens (tertiary/aromatic N) is 3. The molecule has 2 amide bonds. The maximum atomic E-state index is 14.0. The number of anilines is 1. The molecule has 1 saturated carbocycles. The first kappa shape index (κ1) is 35.0. The number of benzene rings is 2. The van der Waals surface area contributed by atoms with Crippen LogP contribution in [0.3, 0.4) is 0 Å². The molecule has 1 heterocycles. The van der Waals surface area contributed by atoms with Crippen LogP contribution < -0.4 is 10.2 Å². The van der Waals surface area contributed by atoms with Crippen LogP contribution in [0.1, 0.15) is 107 Å². The van der Waals surface area contributed by atoms with Gasteiger partial charge in [-0.1, -0.05) is 77.1 Å². The molecule has 248 valence electrons. The van der Waals surface area contributed by atoms with Gasteiger partial charge in [0.2, 0.25) is 5.91 Å². The lowest BCUT2D eigenvalue weighted by Crippen LogP contribution is -2.61. The smallest absolute Gasteiger partial charge is 0.251 e. The van der Waals surface area contributed by atoms with Crippen LogP contribution in [0.4, 0.5) is 5.69 Å². The van der Waals surface area contributed by atoms with Crippen molar-refractivity contribution in [1.29, 1.82) is 0 Å². The van der Waals surface area contributed by atoms with E-state index < -0.39 is 0 Å². The molecule has 0 spiro atoms. The van der Waals surface area contributed by atoms with Gasteiger partial charge in [0.1, 0.15) is 0 Å². The third-order valence-corrected chi connectivity index (χ3v) is 11.2. The summed E-state index contributed by atoms with van der Waals surface area (Å²) in [7, 11) is 8.34. The summed E-state index contributed by atoms with van der Waals surface area (Å²) in [4.78, 5) is 34.4. The van der Waals surface area contributed by atoms with E-state index in [0.717, 1.165) is 54.6 Å². The number of rotatable bonds is 12. The van der Waals surface area contributed by atoms with Crippen molar-refractivity contribution < 1.29 is 9.59 Å². The second-order valence-corrected chi connectivity index (χ2v) is 14.7. The van der Waals surface area contributed by atoms with Crippen molar-refractivity contribution in [2.75, 3.05) is 39.6 Å². The second-order valence-electron chi connectivity index (χ2n) is 14.7. The predicted molar refractivity (Wildman–Crippen MR) is 189 cm³/mol. The van der Waals surface area contributed by atoms with Gasteiger partial charge in [-0.2, -0.15) is 0 Å². The van der Waals surface area contributed by atoms with E-state index in [1.165, 1.54) is 37.7 Å². The summed E-state index contributed by atoms with van der Waals surface area (Å²) in [6.45, 7) is 12.3. The minimum absolute atomic E-state index is 0.0923. The van der Waals surface area contributed by atoms with E-state index in [-0.39, 0.29) is 29.2 Å². The van der Waals surface area contributed by atoms with Crippen molar-refractivity contribution in [2.24, 2.45) is 17.8 Å². The molecular weight excluding hydrogens is 556 g/mol. The Balaban J connectivity index is 1.60. The van der Waals surface area contributed by atoms with Crippen molar-refractivity contribution in [3.05, 3.63) is 53.1 Å². The fourth-order valence-corrected chi connectivity index (χ4v) is 8.31. The summed E-state index contributed by atoms with van der Waals surface area (Å²) in [5.41, 5.74) is 6.12. The normalized spacial score (nSPS) is 23.3. The van der Waals surface area contributed by atoms with Crippen molar-refractivity contribution in [3.63, 3.8) is 0 Å². The Morgan fingerprint density at radius 2 is 1.71 bits per heavy atom. The molecule has 1 saturated heterocycles. The van der Waals surface area contributed by atoms with Gasteiger partial charge in [0.15, 0.2) is 0 Å². The molecule has 1 aliphatic carbocycles. The molecule has 0 radical (unpaired) electrons. The first-order valence-corrected chi connectivity index (χ1v) is 17.6. The van der Waals surface area contributed by atoms with Crippen molar-refractivity contribution in [2.45, 2.75) is 111 Å². The first-order valence-electron chi connectivity index (χ1n) is 17.6. The molecule has 2 aromatic carbocycles. The molecule has 6 nitrogen and oxygen atoms in total. The monoisotopic (exact) mass is 616 g/mol. The molecule has 2 fully saturated rings. The van der Waals surface area contributed by atoms with Crippen LogP contribution in [0.15, 0.2) is 36.4 Å². The van der Waals surface area contributed by atoms with E-state index >= 15 is 0 Å². The summed E-state index contributed by atoms with van der Waals surface area (Å²) >= 11 is 0. The number of carbonyl (C=O) groups is 2. The molecule has 2 aliphatic rings. The minimum atomic E-state index is -0.219. The summed E-state index contributed by atoms with van der Waals surface area (Å²) < 4.78 is 0. The van der Waals surface area contributed by atoms with Gasteiger partial charge in [-0.3, -0.25) is 9.59 Å². The van der Waals surface area contributed by atoms with Crippen molar-refractivity contribution in [1.82, 2.24) is 15.1 Å². The van der Waals surface area contributed by atoms with E-state index in [4.69, 9.17) is 0 Å². The van der Waals surface area contributed by atoms with Gasteiger partial charge < -0.3 is 20.0 Å². The van der Waals surface area contributed by atoms with Crippen molar-refractivity contribution in [3.8, 4) is 11.1 Å². The SMILES string of the molecule is CCCC(CC)C1(C)CC(C)C(CNC(=O)c2cc(-c3ccc(CN(C)C)cc3)cc(N(C)C3CCCCC3)c2C)C(=O)N1C. The largest absolute Gasteiger partial charge is 0.371 e. The number of nitrogens with one attached hydrogen (secondary N) is 1. The summed E-state index contributed by atoms with van der Waals surface area (Å²) in [6, 6.07) is 13.5. The molecule has 2 aromatic rings. The average molecular weight is 617 g/mol. The first-order chi connectivity index (χ1) is 21.4. The molecule has 45 heavy (non-hydrogen) atoms. The zero-order valence-corrected chi connectivity index (χ0v) is 29.7. The number of likely N-dealkylation sites (tertiary alicyclic amines) is 1. The van der Waals surface area contributed by atoms with E-state index in [2.05, 4.69) is 107 Å². The summed E-state index contributed by atoms with van der Waals surface area (Å²) in [6.07, 6.45) is 10.5. The zero-order valence-electron chi connectivity index (χ0n) is 29.7.